The second-order valence-electron chi connectivity index (χ2n) is 10.7. The van der Waals surface area contributed by atoms with Crippen LogP contribution in [-0.4, -0.2) is 65.3 Å². The van der Waals surface area contributed by atoms with Gasteiger partial charge in [-0.3, -0.25) is 5.32 Å². The minimum atomic E-state index is -1.85. The molecule has 0 aliphatic carbocycles. The summed E-state index contributed by atoms with van der Waals surface area (Å²) in [6.07, 6.45) is 0.814. The Hall–Kier alpha value is -4.65. The molecule has 0 radical (unpaired) electrons. The number of hydrogen-bond donors (Lipinski definition) is 2. The van der Waals surface area contributed by atoms with E-state index in [1.807, 2.05) is 11.9 Å². The highest BCUT2D eigenvalue weighted by atomic mass is 19.1. The number of benzene rings is 1. The zero-order valence-corrected chi connectivity index (χ0v) is 22.5. The van der Waals surface area contributed by atoms with Crippen LogP contribution in [0.1, 0.15) is 39.7 Å². The molecular formula is C29H26FN3O7. The molecule has 206 valence electrons. The van der Waals surface area contributed by atoms with Gasteiger partial charge in [-0.15, -0.1) is 0 Å². The number of carbonyl (C=O) groups excluding carboxylic acids is 4. The predicted molar refractivity (Wildman–Crippen MR) is 142 cm³/mol. The molecule has 1 atom stereocenters. The number of aliphatic hydroxyl groups is 1. The second-order valence-corrected chi connectivity index (χ2v) is 10.7. The quantitative estimate of drug-likeness (QED) is 0.537. The van der Waals surface area contributed by atoms with Crippen molar-refractivity contribution in [2.75, 3.05) is 30.4 Å². The van der Waals surface area contributed by atoms with Gasteiger partial charge in [-0.25, -0.2) is 23.6 Å². The third kappa shape index (κ3) is 3.92. The Morgan fingerprint density at radius 2 is 1.95 bits per heavy atom. The van der Waals surface area contributed by atoms with Crippen molar-refractivity contribution < 1.29 is 38.1 Å². The Balaban J connectivity index is 1.64. The molecule has 0 saturated carbocycles. The Labute approximate surface area is 229 Å². The van der Waals surface area contributed by atoms with Crippen LogP contribution in [0, 0.1) is 5.82 Å². The summed E-state index contributed by atoms with van der Waals surface area (Å²) in [6.45, 7) is 6.67. The Morgan fingerprint density at radius 3 is 2.55 bits per heavy atom. The highest BCUT2D eigenvalue weighted by Crippen LogP contribution is 2.52. The molecule has 40 heavy (non-hydrogen) atoms. The van der Waals surface area contributed by atoms with Crippen LogP contribution in [0.4, 0.5) is 20.6 Å². The summed E-state index contributed by atoms with van der Waals surface area (Å²) in [7, 11) is 1.71. The number of hydrogen-bond acceptors (Lipinski definition) is 9. The van der Waals surface area contributed by atoms with Crippen LogP contribution < -0.4 is 10.2 Å². The number of nitrogens with one attached hydrogen (secondary N) is 1. The van der Waals surface area contributed by atoms with Crippen molar-refractivity contribution in [2.24, 2.45) is 0 Å². The lowest BCUT2D eigenvalue weighted by Gasteiger charge is -2.39. The van der Waals surface area contributed by atoms with Crippen LogP contribution in [0.2, 0.25) is 0 Å². The molecule has 5 rings (SSSR count). The number of nitrogens with zero attached hydrogens (tertiary/aromatic N) is 2. The largest absolute Gasteiger partial charge is 0.479 e. The van der Waals surface area contributed by atoms with Gasteiger partial charge in [-0.1, -0.05) is 6.92 Å². The zero-order chi connectivity index (χ0) is 29.1. The van der Waals surface area contributed by atoms with Gasteiger partial charge >= 0.3 is 6.09 Å². The molecular weight excluding hydrogens is 521 g/mol. The average molecular weight is 548 g/mol. The lowest BCUT2D eigenvalue weighted by Crippen LogP contribution is -2.42. The van der Waals surface area contributed by atoms with E-state index in [1.54, 1.807) is 56.6 Å². The summed E-state index contributed by atoms with van der Waals surface area (Å²) in [5, 5.41) is 13.8. The number of anilines is 2. The van der Waals surface area contributed by atoms with Gasteiger partial charge < -0.3 is 24.4 Å². The molecule has 4 aliphatic rings. The normalized spacial score (nSPS) is 21.4. The van der Waals surface area contributed by atoms with Gasteiger partial charge in [0.25, 0.3) is 0 Å². The van der Waals surface area contributed by atoms with Crippen LogP contribution in [0.5, 0.6) is 0 Å². The van der Waals surface area contributed by atoms with E-state index in [2.05, 4.69) is 5.32 Å². The SMILES string of the molecule is CC[C@@]1(O)C(=C=O)OCC2=C1C=C1C3=C(CN1C2=C=O)N(C)c1cc(NC(=O)OC(C)(C)C)c(F)cc1C3=C=O. The first-order valence-corrected chi connectivity index (χ1v) is 12.5. The monoisotopic (exact) mass is 547 g/mol. The lowest BCUT2D eigenvalue weighted by atomic mass is 9.79. The van der Waals surface area contributed by atoms with Crippen molar-refractivity contribution in [1.82, 2.24) is 4.90 Å². The van der Waals surface area contributed by atoms with E-state index in [1.165, 1.54) is 6.07 Å². The minimum absolute atomic E-state index is 0.0344. The van der Waals surface area contributed by atoms with Crippen molar-refractivity contribution in [1.29, 1.82) is 0 Å². The molecule has 0 saturated heterocycles. The number of rotatable bonds is 2. The van der Waals surface area contributed by atoms with Crippen molar-refractivity contribution >= 4 is 40.9 Å². The fraction of sp³-hybridized carbons (Fsp3) is 0.345. The summed E-state index contributed by atoms with van der Waals surface area (Å²) < 4.78 is 25.9. The molecule has 0 aromatic heterocycles. The maximum absolute atomic E-state index is 15.2. The lowest BCUT2D eigenvalue weighted by molar-refractivity contribution is 0.0311. The third-order valence-electron chi connectivity index (χ3n) is 7.30. The highest BCUT2D eigenvalue weighted by Gasteiger charge is 2.49. The maximum atomic E-state index is 15.2. The van der Waals surface area contributed by atoms with Gasteiger partial charge in [0.2, 0.25) is 5.76 Å². The molecule has 10 nitrogen and oxygen atoms in total. The van der Waals surface area contributed by atoms with E-state index in [-0.39, 0.29) is 53.4 Å². The first kappa shape index (κ1) is 26.9. The van der Waals surface area contributed by atoms with Crippen LogP contribution in [0.15, 0.2) is 57.8 Å². The summed E-state index contributed by atoms with van der Waals surface area (Å²) >= 11 is 0. The molecule has 4 aliphatic heterocycles. The van der Waals surface area contributed by atoms with E-state index in [0.717, 1.165) is 6.07 Å². The fourth-order valence-corrected chi connectivity index (χ4v) is 5.42. The number of likely N-dealkylation sites (N-methyl/N-ethyl adjacent to an activating group) is 1. The van der Waals surface area contributed by atoms with Gasteiger partial charge in [0.15, 0.2) is 17.5 Å². The maximum Gasteiger partial charge on any atom is 0.412 e. The second kappa shape index (κ2) is 9.23. The Kier molecular flexibility index (Phi) is 6.21. The van der Waals surface area contributed by atoms with Crippen LogP contribution in [-0.2, 0) is 23.9 Å². The van der Waals surface area contributed by atoms with E-state index in [9.17, 15) is 24.3 Å². The standard InChI is InChI=1S/C29H26FN3O7/c1-6-29(38)18-8-22-26-16(11-34)15-7-19(30)20(31-27(37)40-28(2,3)4)9-21(15)32(5)23(26)10-33(22)24(12-35)17(18)14-39-25(29)13-36/h7-9,38H,6,10,14H2,1-5H3,(H,31,37)/t29-/m0/s1. The summed E-state index contributed by atoms with van der Waals surface area (Å²) in [5.41, 5.74) is -0.0585. The Morgan fingerprint density at radius 1 is 1.23 bits per heavy atom. The minimum Gasteiger partial charge on any atom is -0.479 e. The molecule has 4 heterocycles. The van der Waals surface area contributed by atoms with Gasteiger partial charge in [0, 0.05) is 35.0 Å². The fourth-order valence-electron chi connectivity index (χ4n) is 5.42. The number of allylic oxidation sites excluding steroid dienone is 1. The molecule has 0 spiro atoms. The smallest absolute Gasteiger partial charge is 0.412 e. The van der Waals surface area contributed by atoms with E-state index < -0.39 is 23.1 Å². The highest BCUT2D eigenvalue weighted by molar-refractivity contribution is 6.07. The summed E-state index contributed by atoms with van der Waals surface area (Å²) in [6, 6.07) is 2.52. The van der Waals surface area contributed by atoms with Crippen molar-refractivity contribution in [3.63, 3.8) is 0 Å². The molecule has 1 amide bonds. The van der Waals surface area contributed by atoms with Crippen LogP contribution in [0.25, 0.3) is 5.57 Å². The molecule has 0 fully saturated rings. The van der Waals surface area contributed by atoms with Crippen LogP contribution >= 0.6 is 0 Å². The molecule has 1 aromatic rings. The topological polar surface area (TPSA) is 125 Å². The van der Waals surface area contributed by atoms with Gasteiger partial charge in [-0.05, 0) is 45.4 Å². The van der Waals surface area contributed by atoms with Crippen molar-refractivity contribution in [2.45, 2.75) is 45.3 Å². The molecule has 0 bridgehead atoms. The molecule has 1 aromatic carbocycles. The van der Waals surface area contributed by atoms with Gasteiger partial charge in [0.1, 0.15) is 29.7 Å². The summed E-state index contributed by atoms with van der Waals surface area (Å²) in [5.74, 6) is 4.39. The van der Waals surface area contributed by atoms with Gasteiger partial charge in [0.05, 0.1) is 29.2 Å². The van der Waals surface area contributed by atoms with Crippen molar-refractivity contribution in [3.8, 4) is 0 Å². The number of amides is 1. The Bertz CT molecular complexity index is 1630. The third-order valence-corrected chi connectivity index (χ3v) is 7.30. The van der Waals surface area contributed by atoms with E-state index in [0.29, 0.717) is 28.2 Å². The molecule has 0 unspecified atom stereocenters. The van der Waals surface area contributed by atoms with Crippen molar-refractivity contribution in [3.05, 3.63) is 69.2 Å². The van der Waals surface area contributed by atoms with E-state index >= 15 is 4.39 Å². The molecule has 11 heteroatoms. The number of ether oxygens (including phenoxy) is 2. The summed E-state index contributed by atoms with van der Waals surface area (Å²) in [4.78, 5) is 51.9. The predicted octanol–water partition coefficient (Wildman–Crippen LogP) is 3.20. The zero-order valence-electron chi connectivity index (χ0n) is 22.5. The first-order valence-electron chi connectivity index (χ1n) is 12.5. The number of fused-ring (bicyclic) bond motifs is 3. The first-order chi connectivity index (χ1) is 18.9. The van der Waals surface area contributed by atoms with E-state index in [4.69, 9.17) is 9.47 Å². The molecule has 2 N–H and O–H groups in total. The van der Waals surface area contributed by atoms with Gasteiger partial charge in [-0.2, -0.15) is 0 Å². The van der Waals surface area contributed by atoms with Crippen LogP contribution in [0.3, 0.4) is 0 Å². The average Bonchev–Trinajstić information content (AvgIpc) is 3.27. The number of carbonyl (C=O) groups is 1. The number of halogens is 1.